The molecule has 0 unspecified atom stereocenters. The summed E-state index contributed by atoms with van der Waals surface area (Å²) in [5.41, 5.74) is 2.76. The summed E-state index contributed by atoms with van der Waals surface area (Å²) in [7, 11) is -2.25. The number of methoxy groups -OCH3 is 1. The van der Waals surface area contributed by atoms with E-state index in [1.165, 1.54) is 24.5 Å². The third-order valence-electron chi connectivity index (χ3n) is 5.31. The Morgan fingerprint density at radius 3 is 2.78 bits per heavy atom. The van der Waals surface area contributed by atoms with E-state index in [4.69, 9.17) is 9.15 Å². The van der Waals surface area contributed by atoms with Crippen LogP contribution in [0.15, 0.2) is 82.6 Å². The Morgan fingerprint density at radius 1 is 1.08 bits per heavy atom. The third-order valence-corrected chi connectivity index (χ3v) is 6.77. The summed E-state index contributed by atoms with van der Waals surface area (Å²) in [6.45, 7) is 0.244. The quantitative estimate of drug-likeness (QED) is 0.290. The molecule has 0 amide bonds. The molecule has 2 N–H and O–H groups in total. The second-order valence-electron chi connectivity index (χ2n) is 7.64. The zero-order chi connectivity index (χ0) is 25.1. The zero-order valence-electron chi connectivity index (χ0n) is 19.1. The number of nitrogens with one attached hydrogen (secondary N) is 2. The van der Waals surface area contributed by atoms with E-state index >= 15 is 0 Å². The van der Waals surface area contributed by atoms with Crippen molar-refractivity contribution in [2.24, 2.45) is 0 Å². The van der Waals surface area contributed by atoms with Crippen LogP contribution in [0.25, 0.3) is 28.5 Å². The maximum atomic E-state index is 13.4. The van der Waals surface area contributed by atoms with Gasteiger partial charge in [-0.2, -0.15) is 4.98 Å². The number of fused-ring (bicyclic) bond motifs is 1. The average Bonchev–Trinajstić information content (AvgIpc) is 3.48. The predicted molar refractivity (Wildman–Crippen MR) is 131 cm³/mol. The van der Waals surface area contributed by atoms with E-state index < -0.39 is 15.8 Å². The fraction of sp³-hybridized carbons (Fsp3) is 0.125. The Labute approximate surface area is 205 Å². The molecular weight excluding hydrogens is 487 g/mol. The number of anilines is 1. The standard InChI is InChI=1S/C24H21FN6O4S/c1-34-18-6-2-4-16(14-18)21-22(31-12-13-35-24(31)30-21)20-8-9-26-23(29-20)27-10-11-28-36(32,33)19-7-3-5-17(25)15-19/h2-9,12-15,28H,10-11H2,1H3,(H,26,27,29). The molecule has 0 saturated heterocycles. The molecule has 3 aromatic heterocycles. The molecule has 0 atom stereocenters. The van der Waals surface area contributed by atoms with Crippen LogP contribution in [0, 0.1) is 5.82 Å². The first-order chi connectivity index (χ1) is 17.4. The molecule has 0 radical (unpaired) electrons. The molecule has 0 aliphatic rings. The summed E-state index contributed by atoms with van der Waals surface area (Å²) < 4.78 is 53.1. The molecule has 5 rings (SSSR count). The molecular formula is C24H21FN6O4S. The number of rotatable bonds is 9. The second-order valence-corrected chi connectivity index (χ2v) is 9.41. The lowest BCUT2D eigenvalue weighted by atomic mass is 10.1. The average molecular weight is 509 g/mol. The van der Waals surface area contributed by atoms with Gasteiger partial charge in [-0.15, -0.1) is 0 Å². The Kier molecular flexibility index (Phi) is 6.36. The largest absolute Gasteiger partial charge is 0.497 e. The Hall–Kier alpha value is -4.29. The molecule has 10 nitrogen and oxygen atoms in total. The summed E-state index contributed by atoms with van der Waals surface area (Å²) >= 11 is 0. The van der Waals surface area contributed by atoms with Crippen LogP contribution >= 0.6 is 0 Å². The van der Waals surface area contributed by atoms with E-state index in [2.05, 4.69) is 25.0 Å². The van der Waals surface area contributed by atoms with Crippen molar-refractivity contribution in [2.45, 2.75) is 4.90 Å². The van der Waals surface area contributed by atoms with Crippen LogP contribution in [0.5, 0.6) is 5.75 Å². The molecule has 5 aromatic rings. The first-order valence-electron chi connectivity index (χ1n) is 10.9. The Morgan fingerprint density at radius 2 is 1.94 bits per heavy atom. The molecule has 0 aliphatic heterocycles. The van der Waals surface area contributed by atoms with Crippen LogP contribution in [-0.2, 0) is 10.0 Å². The number of benzene rings is 2. The van der Waals surface area contributed by atoms with Gasteiger partial charge in [-0.05, 0) is 36.4 Å². The summed E-state index contributed by atoms with van der Waals surface area (Å²) in [6, 6.07) is 14.1. The highest BCUT2D eigenvalue weighted by Gasteiger charge is 2.20. The second kappa shape index (κ2) is 9.76. The topological polar surface area (TPSA) is 124 Å². The number of sulfonamides is 1. The van der Waals surface area contributed by atoms with Gasteiger partial charge in [0.25, 0.3) is 0 Å². The highest BCUT2D eigenvalue weighted by Crippen LogP contribution is 2.33. The van der Waals surface area contributed by atoms with Gasteiger partial charge in [0, 0.05) is 31.0 Å². The van der Waals surface area contributed by atoms with Crippen LogP contribution in [-0.4, -0.2) is 48.0 Å². The van der Waals surface area contributed by atoms with Crippen molar-refractivity contribution in [1.82, 2.24) is 24.1 Å². The van der Waals surface area contributed by atoms with Gasteiger partial charge in [-0.3, -0.25) is 4.40 Å². The van der Waals surface area contributed by atoms with Gasteiger partial charge in [0.15, 0.2) is 0 Å². The maximum absolute atomic E-state index is 13.4. The highest BCUT2D eigenvalue weighted by atomic mass is 32.2. The minimum atomic E-state index is -3.84. The van der Waals surface area contributed by atoms with Crippen molar-refractivity contribution in [1.29, 1.82) is 0 Å². The summed E-state index contributed by atoms with van der Waals surface area (Å²) in [5, 5.41) is 3.01. The predicted octanol–water partition coefficient (Wildman–Crippen LogP) is 3.59. The van der Waals surface area contributed by atoms with E-state index in [0.717, 1.165) is 11.6 Å². The third kappa shape index (κ3) is 4.76. The number of hydrogen-bond acceptors (Lipinski definition) is 8. The molecule has 0 fully saturated rings. The van der Waals surface area contributed by atoms with Crippen molar-refractivity contribution in [3.8, 4) is 28.4 Å². The van der Waals surface area contributed by atoms with Crippen molar-refractivity contribution in [3.05, 3.63) is 79.1 Å². The van der Waals surface area contributed by atoms with Gasteiger partial charge in [0.05, 0.1) is 17.7 Å². The molecule has 2 aromatic carbocycles. The summed E-state index contributed by atoms with van der Waals surface area (Å²) in [6.07, 6.45) is 4.88. The lowest BCUT2D eigenvalue weighted by molar-refractivity contribution is 0.415. The number of halogens is 1. The number of aromatic nitrogens is 4. The molecule has 0 aliphatic carbocycles. The normalized spacial score (nSPS) is 11.6. The van der Waals surface area contributed by atoms with Crippen LogP contribution in [0.3, 0.4) is 0 Å². The van der Waals surface area contributed by atoms with E-state index in [-0.39, 0.29) is 18.0 Å². The molecule has 12 heteroatoms. The van der Waals surface area contributed by atoms with Crippen molar-refractivity contribution < 1.29 is 22.0 Å². The fourth-order valence-corrected chi connectivity index (χ4v) is 4.72. The highest BCUT2D eigenvalue weighted by molar-refractivity contribution is 7.89. The van der Waals surface area contributed by atoms with Gasteiger partial charge >= 0.3 is 5.84 Å². The fourth-order valence-electron chi connectivity index (χ4n) is 3.66. The molecule has 3 heterocycles. The van der Waals surface area contributed by atoms with Gasteiger partial charge < -0.3 is 14.5 Å². The van der Waals surface area contributed by atoms with Gasteiger partial charge in [-0.25, -0.2) is 27.5 Å². The van der Waals surface area contributed by atoms with Gasteiger partial charge in [-0.1, -0.05) is 18.2 Å². The lowest BCUT2D eigenvalue weighted by Gasteiger charge is -2.09. The van der Waals surface area contributed by atoms with Crippen LogP contribution < -0.4 is 14.8 Å². The number of nitrogens with zero attached hydrogens (tertiary/aromatic N) is 4. The monoisotopic (exact) mass is 508 g/mol. The lowest BCUT2D eigenvalue weighted by Crippen LogP contribution is -2.29. The van der Waals surface area contributed by atoms with E-state index in [9.17, 15) is 12.8 Å². The van der Waals surface area contributed by atoms with Crippen LogP contribution in [0.1, 0.15) is 0 Å². The smallest absolute Gasteiger partial charge is 0.306 e. The molecule has 184 valence electrons. The minimum Gasteiger partial charge on any atom is -0.497 e. The zero-order valence-corrected chi connectivity index (χ0v) is 19.9. The maximum Gasteiger partial charge on any atom is 0.306 e. The first-order valence-corrected chi connectivity index (χ1v) is 12.4. The number of imidazole rings is 1. The summed E-state index contributed by atoms with van der Waals surface area (Å²) in [4.78, 5) is 13.3. The van der Waals surface area contributed by atoms with Crippen molar-refractivity contribution in [3.63, 3.8) is 0 Å². The van der Waals surface area contributed by atoms with E-state index in [1.807, 2.05) is 24.3 Å². The number of hydrogen-bond donors (Lipinski definition) is 2. The minimum absolute atomic E-state index is 0.0418. The molecule has 0 spiro atoms. The first kappa shape index (κ1) is 23.5. The number of oxazole rings is 1. The molecule has 36 heavy (non-hydrogen) atoms. The van der Waals surface area contributed by atoms with Crippen LogP contribution in [0.4, 0.5) is 10.3 Å². The van der Waals surface area contributed by atoms with E-state index in [1.54, 1.807) is 30.0 Å². The van der Waals surface area contributed by atoms with Crippen LogP contribution in [0.2, 0.25) is 0 Å². The Balaban J connectivity index is 1.35. The van der Waals surface area contributed by atoms with Crippen molar-refractivity contribution in [2.75, 3.05) is 25.5 Å². The number of ether oxygens (including phenoxy) is 1. The molecule has 0 saturated carbocycles. The van der Waals surface area contributed by atoms with Gasteiger partial charge in [0.2, 0.25) is 16.0 Å². The molecule has 0 bridgehead atoms. The van der Waals surface area contributed by atoms with E-state index in [0.29, 0.717) is 34.6 Å². The Bertz CT molecular complexity index is 1630. The van der Waals surface area contributed by atoms with Gasteiger partial charge in [0.1, 0.15) is 29.2 Å². The SMILES string of the molecule is COc1cccc(-c2nc3occn3c2-c2ccnc(NCCNS(=O)(=O)c3cccc(F)c3)n2)c1. The summed E-state index contributed by atoms with van der Waals surface area (Å²) in [5.74, 6) is 0.769. The van der Waals surface area contributed by atoms with Crippen molar-refractivity contribution >= 4 is 21.8 Å².